The molecule has 0 fully saturated rings. The van der Waals surface area contributed by atoms with Gasteiger partial charge in [0.2, 0.25) is 0 Å². The van der Waals surface area contributed by atoms with Gasteiger partial charge in [0, 0.05) is 17.8 Å². The van der Waals surface area contributed by atoms with Crippen LogP contribution in [0.3, 0.4) is 0 Å². The lowest BCUT2D eigenvalue weighted by atomic mass is 10.1. The zero-order chi connectivity index (χ0) is 18.3. The van der Waals surface area contributed by atoms with E-state index >= 15 is 0 Å². The molecule has 8 heteroatoms. The summed E-state index contributed by atoms with van der Waals surface area (Å²) in [7, 11) is 0. The first kappa shape index (κ1) is 20.3. The number of ether oxygens (including phenoxy) is 1. The van der Waals surface area contributed by atoms with Crippen LogP contribution in [0.15, 0.2) is 41.4 Å². The van der Waals surface area contributed by atoms with Crippen molar-refractivity contribution in [1.29, 1.82) is 0 Å². The third-order valence-electron chi connectivity index (χ3n) is 3.27. The fourth-order valence-corrected chi connectivity index (χ4v) is 3.05. The molecule has 1 heterocycles. The highest BCUT2D eigenvalue weighted by atomic mass is 35.5. The second kappa shape index (κ2) is 9.59. The summed E-state index contributed by atoms with van der Waals surface area (Å²) < 4.78 is 5.55. The van der Waals surface area contributed by atoms with Gasteiger partial charge in [0.1, 0.15) is 23.5 Å². The highest BCUT2D eigenvalue weighted by Gasteiger charge is 2.20. The van der Waals surface area contributed by atoms with Gasteiger partial charge in [-0.05, 0) is 38.1 Å². The van der Waals surface area contributed by atoms with Crippen LogP contribution in [-0.2, 0) is 0 Å². The normalized spacial score (nSPS) is 12.8. The molecule has 136 valence electrons. The fraction of sp³-hybridized carbons (Fsp3) is 0.412. The van der Waals surface area contributed by atoms with Gasteiger partial charge in [-0.2, -0.15) is 0 Å². The van der Waals surface area contributed by atoms with E-state index in [4.69, 9.17) is 27.9 Å². The summed E-state index contributed by atoms with van der Waals surface area (Å²) in [5, 5.41) is 23.0. The molecule has 1 aromatic carbocycles. The SMILES string of the molecule is CC(C)(CSc1ccc(Cl)nn1)NCC(O)COc1ccccc1Cl. The predicted molar refractivity (Wildman–Crippen MR) is 103 cm³/mol. The Balaban J connectivity index is 1.72. The molecular weight excluding hydrogens is 381 g/mol. The van der Waals surface area contributed by atoms with Crippen molar-refractivity contribution in [2.75, 3.05) is 18.9 Å². The Morgan fingerprint density at radius 2 is 1.96 bits per heavy atom. The standard InChI is InChI=1S/C17H21Cl2N3O2S/c1-17(2,11-25-16-8-7-15(19)21-22-16)20-9-12(23)10-24-14-6-4-3-5-13(14)18/h3-8,12,20,23H,9-11H2,1-2H3. The fourth-order valence-electron chi connectivity index (χ4n) is 1.89. The third kappa shape index (κ3) is 7.38. The lowest BCUT2D eigenvalue weighted by Gasteiger charge is -2.27. The molecule has 0 amide bonds. The predicted octanol–water partition coefficient (Wildman–Crippen LogP) is 3.68. The van der Waals surface area contributed by atoms with Gasteiger partial charge in [-0.1, -0.05) is 35.3 Å². The first-order valence-corrected chi connectivity index (χ1v) is 9.52. The Hall–Kier alpha value is -1.05. The number of para-hydroxylation sites is 1. The van der Waals surface area contributed by atoms with E-state index < -0.39 is 6.10 Å². The van der Waals surface area contributed by atoms with Gasteiger partial charge in [-0.3, -0.25) is 0 Å². The highest BCUT2D eigenvalue weighted by molar-refractivity contribution is 7.99. The summed E-state index contributed by atoms with van der Waals surface area (Å²) in [4.78, 5) is 0. The van der Waals surface area contributed by atoms with E-state index in [1.54, 1.807) is 30.0 Å². The van der Waals surface area contributed by atoms with Crippen LogP contribution < -0.4 is 10.1 Å². The summed E-state index contributed by atoms with van der Waals surface area (Å²) in [6, 6.07) is 10.7. The van der Waals surface area contributed by atoms with Crippen molar-refractivity contribution in [3.63, 3.8) is 0 Å². The molecule has 2 aromatic rings. The van der Waals surface area contributed by atoms with Crippen molar-refractivity contribution in [3.05, 3.63) is 46.6 Å². The largest absolute Gasteiger partial charge is 0.489 e. The smallest absolute Gasteiger partial charge is 0.151 e. The van der Waals surface area contributed by atoms with E-state index in [9.17, 15) is 5.11 Å². The number of aromatic nitrogens is 2. The zero-order valence-corrected chi connectivity index (χ0v) is 16.4. The zero-order valence-electron chi connectivity index (χ0n) is 14.1. The minimum atomic E-state index is -0.643. The monoisotopic (exact) mass is 401 g/mol. The van der Waals surface area contributed by atoms with Gasteiger partial charge in [0.25, 0.3) is 0 Å². The summed E-state index contributed by atoms with van der Waals surface area (Å²) >= 11 is 13.3. The number of halogens is 2. The number of thioether (sulfide) groups is 1. The lowest BCUT2D eigenvalue weighted by Crippen LogP contribution is -2.46. The number of β-amino-alcohol motifs (C(OH)–C–C–N with tert-alkyl or cyclic N) is 1. The van der Waals surface area contributed by atoms with Crippen molar-refractivity contribution < 1.29 is 9.84 Å². The molecular formula is C17H21Cl2N3O2S. The number of nitrogens with zero attached hydrogens (tertiary/aromatic N) is 2. The molecule has 5 nitrogen and oxygen atoms in total. The molecule has 2 N–H and O–H groups in total. The maximum absolute atomic E-state index is 10.1. The summed E-state index contributed by atoms with van der Waals surface area (Å²) in [6.45, 7) is 4.70. The molecule has 1 unspecified atom stereocenters. The summed E-state index contributed by atoms with van der Waals surface area (Å²) in [6.07, 6.45) is -0.643. The molecule has 0 aliphatic rings. The topological polar surface area (TPSA) is 67.3 Å². The van der Waals surface area contributed by atoms with Gasteiger partial charge >= 0.3 is 0 Å². The Morgan fingerprint density at radius 3 is 2.64 bits per heavy atom. The number of nitrogens with one attached hydrogen (secondary N) is 1. The van der Waals surface area contributed by atoms with Crippen LogP contribution in [0, 0.1) is 0 Å². The van der Waals surface area contributed by atoms with Crippen LogP contribution in [0.5, 0.6) is 5.75 Å². The molecule has 2 rings (SSSR count). The highest BCUT2D eigenvalue weighted by Crippen LogP contribution is 2.23. The maximum Gasteiger partial charge on any atom is 0.151 e. The van der Waals surface area contributed by atoms with E-state index in [2.05, 4.69) is 29.4 Å². The van der Waals surface area contributed by atoms with E-state index in [1.807, 2.05) is 18.2 Å². The molecule has 0 bridgehead atoms. The van der Waals surface area contributed by atoms with E-state index in [0.29, 0.717) is 22.5 Å². The van der Waals surface area contributed by atoms with E-state index in [1.165, 1.54) is 0 Å². The third-order valence-corrected chi connectivity index (χ3v) is 5.17. The van der Waals surface area contributed by atoms with E-state index in [-0.39, 0.29) is 12.1 Å². The van der Waals surface area contributed by atoms with Gasteiger partial charge in [0.05, 0.1) is 5.02 Å². The average Bonchev–Trinajstić information content (AvgIpc) is 2.59. The van der Waals surface area contributed by atoms with Crippen molar-refractivity contribution in [2.24, 2.45) is 0 Å². The Labute approximate surface area is 162 Å². The van der Waals surface area contributed by atoms with Gasteiger partial charge in [-0.15, -0.1) is 22.0 Å². The Kier molecular flexibility index (Phi) is 7.78. The number of benzene rings is 1. The molecule has 0 spiro atoms. The first-order valence-electron chi connectivity index (χ1n) is 7.78. The average molecular weight is 402 g/mol. The Bertz CT molecular complexity index is 671. The summed E-state index contributed by atoms with van der Waals surface area (Å²) in [5.74, 6) is 1.33. The van der Waals surface area contributed by atoms with Crippen molar-refractivity contribution in [2.45, 2.75) is 30.5 Å². The second-order valence-electron chi connectivity index (χ2n) is 6.14. The second-order valence-corrected chi connectivity index (χ2v) is 7.93. The van der Waals surface area contributed by atoms with Gasteiger partial charge in [-0.25, -0.2) is 0 Å². The van der Waals surface area contributed by atoms with Crippen molar-refractivity contribution in [3.8, 4) is 5.75 Å². The molecule has 25 heavy (non-hydrogen) atoms. The molecule has 1 atom stereocenters. The molecule has 0 aliphatic carbocycles. The van der Waals surface area contributed by atoms with Gasteiger partial charge < -0.3 is 15.2 Å². The van der Waals surface area contributed by atoms with Crippen LogP contribution >= 0.6 is 35.0 Å². The number of aliphatic hydroxyl groups is 1. The summed E-state index contributed by atoms with van der Waals surface area (Å²) in [5.41, 5.74) is -0.197. The van der Waals surface area contributed by atoms with Crippen LogP contribution in [0.25, 0.3) is 0 Å². The molecule has 0 saturated heterocycles. The molecule has 0 radical (unpaired) electrons. The Morgan fingerprint density at radius 1 is 1.20 bits per heavy atom. The van der Waals surface area contributed by atoms with Crippen molar-refractivity contribution >= 4 is 35.0 Å². The van der Waals surface area contributed by atoms with Crippen LogP contribution in [0.4, 0.5) is 0 Å². The number of aliphatic hydroxyl groups excluding tert-OH is 1. The van der Waals surface area contributed by atoms with Crippen LogP contribution in [0.2, 0.25) is 10.2 Å². The molecule has 0 aliphatic heterocycles. The first-order chi connectivity index (χ1) is 11.9. The van der Waals surface area contributed by atoms with Crippen molar-refractivity contribution in [1.82, 2.24) is 15.5 Å². The maximum atomic E-state index is 10.1. The van der Waals surface area contributed by atoms with E-state index in [0.717, 1.165) is 10.8 Å². The lowest BCUT2D eigenvalue weighted by molar-refractivity contribution is 0.100. The minimum Gasteiger partial charge on any atom is -0.489 e. The molecule has 0 saturated carbocycles. The number of hydrogen-bond donors (Lipinski definition) is 2. The van der Waals surface area contributed by atoms with Gasteiger partial charge in [0.15, 0.2) is 5.15 Å². The minimum absolute atomic E-state index is 0.169. The van der Waals surface area contributed by atoms with Crippen LogP contribution in [0.1, 0.15) is 13.8 Å². The van der Waals surface area contributed by atoms with Crippen LogP contribution in [-0.4, -0.2) is 45.9 Å². The quantitative estimate of drug-likeness (QED) is 0.624. The number of rotatable bonds is 9. The number of hydrogen-bond acceptors (Lipinski definition) is 6. The molecule has 1 aromatic heterocycles.